The molecular formula is C8H12N2O3. The molecule has 1 aliphatic rings. The Balaban J connectivity index is 2.72. The lowest BCUT2D eigenvalue weighted by atomic mass is 10.1. The van der Waals surface area contributed by atoms with Crippen molar-refractivity contribution < 1.29 is 10.0 Å². The first-order valence-corrected chi connectivity index (χ1v) is 4.14. The van der Waals surface area contributed by atoms with Gasteiger partial charge in [0.05, 0.1) is 17.2 Å². The predicted octanol–water partition coefficient (Wildman–Crippen LogP) is 0.407. The van der Waals surface area contributed by atoms with E-state index in [1.165, 1.54) is 6.08 Å². The molecule has 0 aliphatic heterocycles. The number of allylic oxidation sites excluding steroid dienone is 3. The van der Waals surface area contributed by atoms with E-state index in [-0.39, 0.29) is 12.3 Å². The summed E-state index contributed by atoms with van der Waals surface area (Å²) in [5, 5.41) is 21.9. The fraction of sp³-hybridized carbons (Fsp3) is 0.500. The summed E-state index contributed by atoms with van der Waals surface area (Å²) >= 11 is 0. The van der Waals surface area contributed by atoms with Crippen molar-refractivity contribution in [2.24, 2.45) is 0 Å². The van der Waals surface area contributed by atoms with E-state index >= 15 is 0 Å². The van der Waals surface area contributed by atoms with E-state index in [0.717, 1.165) is 6.42 Å². The lowest BCUT2D eigenvalue weighted by molar-refractivity contribution is -0.420. The maximum absolute atomic E-state index is 10.5. The highest BCUT2D eigenvalue weighted by Gasteiger charge is 2.17. The van der Waals surface area contributed by atoms with Crippen LogP contribution in [0.1, 0.15) is 12.8 Å². The van der Waals surface area contributed by atoms with Gasteiger partial charge in [0.2, 0.25) is 0 Å². The molecule has 1 aliphatic carbocycles. The lowest BCUT2D eigenvalue weighted by Gasteiger charge is -2.11. The third kappa shape index (κ3) is 2.55. The third-order valence-corrected chi connectivity index (χ3v) is 1.79. The molecule has 0 saturated carbocycles. The van der Waals surface area contributed by atoms with Gasteiger partial charge in [-0.1, -0.05) is 6.08 Å². The second kappa shape index (κ2) is 4.61. The summed E-state index contributed by atoms with van der Waals surface area (Å²) in [5.41, 5.74) is 0.723. The summed E-state index contributed by atoms with van der Waals surface area (Å²) in [6.45, 7) is 0.346. The second-order valence-corrected chi connectivity index (χ2v) is 2.71. The third-order valence-electron chi connectivity index (χ3n) is 1.79. The molecule has 0 fully saturated rings. The van der Waals surface area contributed by atoms with Crippen molar-refractivity contribution in [2.45, 2.75) is 12.8 Å². The van der Waals surface area contributed by atoms with Crippen LogP contribution in [0.15, 0.2) is 23.5 Å². The number of hydrogen-bond donors (Lipinski definition) is 2. The first-order chi connectivity index (χ1) is 6.25. The average molecular weight is 184 g/mol. The van der Waals surface area contributed by atoms with Gasteiger partial charge in [0, 0.05) is 12.6 Å². The van der Waals surface area contributed by atoms with Gasteiger partial charge in [-0.15, -0.1) is 0 Å². The van der Waals surface area contributed by atoms with Gasteiger partial charge in [0.15, 0.2) is 0 Å². The molecule has 0 aromatic rings. The molecule has 2 N–H and O–H groups in total. The van der Waals surface area contributed by atoms with Gasteiger partial charge in [-0.05, 0) is 12.8 Å². The molecule has 0 spiro atoms. The van der Waals surface area contributed by atoms with Crippen LogP contribution in [-0.4, -0.2) is 23.2 Å². The number of aliphatic hydroxyl groups excluding tert-OH is 1. The van der Waals surface area contributed by atoms with Gasteiger partial charge in [-0.3, -0.25) is 10.1 Å². The standard InChI is InChI=1S/C8H12N2O3/c11-6-5-9-7-3-1-2-4-8(7)10(12)13/h2,4,9,11H,1,3,5-6H2. The molecule has 72 valence electrons. The number of nitrogens with zero attached hydrogens (tertiary/aromatic N) is 1. The monoisotopic (exact) mass is 184 g/mol. The van der Waals surface area contributed by atoms with E-state index in [1.54, 1.807) is 6.08 Å². The number of nitro groups is 1. The van der Waals surface area contributed by atoms with Crippen LogP contribution in [0.5, 0.6) is 0 Å². The van der Waals surface area contributed by atoms with E-state index in [0.29, 0.717) is 18.7 Å². The Hall–Kier alpha value is -1.36. The molecule has 1 rings (SSSR count). The van der Waals surface area contributed by atoms with Crippen molar-refractivity contribution in [3.8, 4) is 0 Å². The van der Waals surface area contributed by atoms with Crippen molar-refractivity contribution >= 4 is 0 Å². The lowest BCUT2D eigenvalue weighted by Crippen LogP contribution is -2.22. The Bertz CT molecular complexity index is 258. The molecule has 0 aromatic carbocycles. The minimum absolute atomic E-state index is 0.0157. The van der Waals surface area contributed by atoms with Crippen molar-refractivity contribution in [2.75, 3.05) is 13.2 Å². The SMILES string of the molecule is O=[N+]([O-])C1=C(NCCO)CCC=C1. The van der Waals surface area contributed by atoms with Gasteiger partial charge in [0.25, 0.3) is 5.70 Å². The summed E-state index contributed by atoms with van der Waals surface area (Å²) in [6.07, 6.45) is 4.74. The molecule has 5 nitrogen and oxygen atoms in total. The van der Waals surface area contributed by atoms with Crippen molar-refractivity contribution in [1.29, 1.82) is 0 Å². The Morgan fingerprint density at radius 1 is 1.69 bits per heavy atom. The highest BCUT2D eigenvalue weighted by Crippen LogP contribution is 2.16. The summed E-state index contributed by atoms with van der Waals surface area (Å²) in [5.74, 6) is 0. The molecule has 0 atom stereocenters. The zero-order chi connectivity index (χ0) is 9.68. The first kappa shape index (κ1) is 9.73. The van der Waals surface area contributed by atoms with Crippen LogP contribution in [0.2, 0.25) is 0 Å². The van der Waals surface area contributed by atoms with E-state index in [9.17, 15) is 10.1 Å². The van der Waals surface area contributed by atoms with E-state index < -0.39 is 4.92 Å². The van der Waals surface area contributed by atoms with Gasteiger partial charge in [-0.25, -0.2) is 0 Å². The topological polar surface area (TPSA) is 75.4 Å². The average Bonchev–Trinajstić information content (AvgIpc) is 2.15. The minimum Gasteiger partial charge on any atom is -0.395 e. The van der Waals surface area contributed by atoms with Crippen molar-refractivity contribution in [1.82, 2.24) is 5.32 Å². The van der Waals surface area contributed by atoms with Crippen molar-refractivity contribution in [3.05, 3.63) is 33.7 Å². The molecule has 0 unspecified atom stereocenters. The predicted molar refractivity (Wildman–Crippen MR) is 47.5 cm³/mol. The highest BCUT2D eigenvalue weighted by molar-refractivity contribution is 5.22. The molecule has 0 bridgehead atoms. The smallest absolute Gasteiger partial charge is 0.287 e. The van der Waals surface area contributed by atoms with E-state index in [2.05, 4.69) is 5.32 Å². The normalized spacial score (nSPS) is 16.1. The largest absolute Gasteiger partial charge is 0.395 e. The zero-order valence-electron chi connectivity index (χ0n) is 7.19. The maximum Gasteiger partial charge on any atom is 0.287 e. The number of nitrogens with one attached hydrogen (secondary N) is 1. The van der Waals surface area contributed by atoms with Crippen LogP contribution in [0.25, 0.3) is 0 Å². The number of aliphatic hydroxyl groups is 1. The van der Waals surface area contributed by atoms with Gasteiger partial charge >= 0.3 is 0 Å². The highest BCUT2D eigenvalue weighted by atomic mass is 16.6. The molecule has 0 radical (unpaired) electrons. The zero-order valence-corrected chi connectivity index (χ0v) is 7.19. The van der Waals surface area contributed by atoms with Crippen LogP contribution in [0.3, 0.4) is 0 Å². The van der Waals surface area contributed by atoms with E-state index in [4.69, 9.17) is 5.11 Å². The van der Waals surface area contributed by atoms with Crippen LogP contribution in [0, 0.1) is 10.1 Å². The Morgan fingerprint density at radius 3 is 3.08 bits per heavy atom. The first-order valence-electron chi connectivity index (χ1n) is 4.14. The van der Waals surface area contributed by atoms with Crippen LogP contribution in [0.4, 0.5) is 0 Å². The Kier molecular flexibility index (Phi) is 3.45. The second-order valence-electron chi connectivity index (χ2n) is 2.71. The summed E-state index contributed by atoms with van der Waals surface area (Å²) in [7, 11) is 0. The molecule has 0 saturated heterocycles. The summed E-state index contributed by atoms with van der Waals surface area (Å²) < 4.78 is 0. The molecular weight excluding hydrogens is 172 g/mol. The van der Waals surface area contributed by atoms with Gasteiger partial charge in [0.1, 0.15) is 0 Å². The number of rotatable bonds is 4. The van der Waals surface area contributed by atoms with Crippen LogP contribution < -0.4 is 5.32 Å². The van der Waals surface area contributed by atoms with Crippen LogP contribution in [-0.2, 0) is 0 Å². The molecule has 0 heterocycles. The van der Waals surface area contributed by atoms with Gasteiger partial charge in [-0.2, -0.15) is 0 Å². The summed E-state index contributed by atoms with van der Waals surface area (Å²) in [4.78, 5) is 10.1. The van der Waals surface area contributed by atoms with E-state index in [1.807, 2.05) is 0 Å². The van der Waals surface area contributed by atoms with Crippen molar-refractivity contribution in [3.63, 3.8) is 0 Å². The maximum atomic E-state index is 10.5. The molecule has 0 aromatic heterocycles. The Labute approximate surface area is 75.9 Å². The molecule has 0 amide bonds. The number of hydrogen-bond acceptors (Lipinski definition) is 4. The Morgan fingerprint density at radius 2 is 2.46 bits per heavy atom. The molecule has 13 heavy (non-hydrogen) atoms. The summed E-state index contributed by atoms with van der Waals surface area (Å²) in [6, 6.07) is 0. The minimum atomic E-state index is -0.407. The van der Waals surface area contributed by atoms with Gasteiger partial charge < -0.3 is 10.4 Å². The molecule has 5 heteroatoms. The fourth-order valence-electron chi connectivity index (χ4n) is 1.21. The van der Waals surface area contributed by atoms with Crippen LogP contribution >= 0.6 is 0 Å². The fourth-order valence-corrected chi connectivity index (χ4v) is 1.21. The quantitative estimate of drug-likeness (QED) is 0.490.